The number of nitrogens with zero attached hydrogens (tertiary/aromatic N) is 4. The monoisotopic (exact) mass is 497 g/mol. The third-order valence-corrected chi connectivity index (χ3v) is 5.32. The van der Waals surface area contributed by atoms with Crippen LogP contribution in [0.15, 0.2) is 48.9 Å². The van der Waals surface area contributed by atoms with Crippen LogP contribution >= 0.6 is 0 Å². The van der Waals surface area contributed by atoms with E-state index >= 15 is 4.39 Å². The second-order valence-corrected chi connectivity index (χ2v) is 7.66. The Kier molecular flexibility index (Phi) is 5.04. The van der Waals surface area contributed by atoms with Gasteiger partial charge in [0.1, 0.15) is 11.6 Å². The average molecular weight is 497 g/mol. The van der Waals surface area contributed by atoms with E-state index in [9.17, 15) is 30.7 Å². The molecule has 0 spiro atoms. The van der Waals surface area contributed by atoms with Gasteiger partial charge in [0.15, 0.2) is 11.3 Å². The third kappa shape index (κ3) is 4.06. The number of aromatic amines is 1. The summed E-state index contributed by atoms with van der Waals surface area (Å²) in [4.78, 5) is 7.54. The molecule has 5 aromatic rings. The maximum Gasteiger partial charge on any atom is 0.435 e. The van der Waals surface area contributed by atoms with Crippen molar-refractivity contribution >= 4 is 16.6 Å². The maximum atomic E-state index is 15.2. The number of H-pyrrole nitrogens is 1. The summed E-state index contributed by atoms with van der Waals surface area (Å²) in [6.45, 7) is 0. The molecule has 0 saturated heterocycles. The lowest BCUT2D eigenvalue weighted by Gasteiger charge is -2.11. The Bertz CT molecular complexity index is 1580. The van der Waals surface area contributed by atoms with Gasteiger partial charge in [0.25, 0.3) is 0 Å². The number of hydrogen-bond acceptors (Lipinski definition) is 3. The lowest BCUT2D eigenvalue weighted by atomic mass is 10.0. The molecule has 3 aromatic heterocycles. The molecule has 0 atom stereocenters. The fourth-order valence-corrected chi connectivity index (χ4v) is 3.81. The van der Waals surface area contributed by atoms with Crippen LogP contribution in [-0.2, 0) is 12.6 Å². The van der Waals surface area contributed by atoms with E-state index in [4.69, 9.17) is 0 Å². The average Bonchev–Trinajstić information content (AvgIpc) is 3.39. The van der Waals surface area contributed by atoms with Crippen LogP contribution in [0.1, 0.15) is 11.3 Å². The van der Waals surface area contributed by atoms with Gasteiger partial charge in [-0.3, -0.25) is 14.5 Å². The van der Waals surface area contributed by atoms with E-state index in [1.807, 2.05) is 0 Å². The minimum Gasteiger partial charge on any atom is -0.295 e. The van der Waals surface area contributed by atoms with E-state index < -0.39 is 52.9 Å². The summed E-state index contributed by atoms with van der Waals surface area (Å²) in [5.41, 5.74) is -3.16. The molecule has 0 unspecified atom stereocenters. The predicted molar refractivity (Wildman–Crippen MR) is 108 cm³/mol. The fourth-order valence-electron chi connectivity index (χ4n) is 3.81. The van der Waals surface area contributed by atoms with Crippen molar-refractivity contribution in [1.82, 2.24) is 24.6 Å². The lowest BCUT2D eigenvalue weighted by molar-refractivity contribution is -0.140. The van der Waals surface area contributed by atoms with Gasteiger partial charge in [-0.15, -0.1) is 0 Å². The van der Waals surface area contributed by atoms with E-state index in [1.165, 1.54) is 6.07 Å². The maximum absolute atomic E-state index is 15.2. The molecular formula is C22H11F8N5. The van der Waals surface area contributed by atoms with E-state index in [2.05, 4.69) is 20.2 Å². The molecule has 2 aromatic carbocycles. The quantitative estimate of drug-likeness (QED) is 0.296. The molecule has 0 aliphatic rings. The Morgan fingerprint density at radius 2 is 1.71 bits per heavy atom. The van der Waals surface area contributed by atoms with Crippen LogP contribution < -0.4 is 0 Å². The first-order chi connectivity index (χ1) is 16.4. The number of halogens is 8. The Balaban J connectivity index is 1.74. The molecule has 3 heterocycles. The molecule has 0 aliphatic heterocycles. The molecule has 13 heteroatoms. The molecule has 0 saturated carbocycles. The van der Waals surface area contributed by atoms with Crippen molar-refractivity contribution in [2.45, 2.75) is 18.8 Å². The molecule has 0 radical (unpaired) electrons. The summed E-state index contributed by atoms with van der Waals surface area (Å²) < 4.78 is 110. The standard InChI is InChI=1S/C22H11F8N5/c23-14-3-1-10(5-11(14)6-21(25,26)27)16-9-35-17(8-31-16)33-20(22(28,29)30)19(35)12-2-4-15-13(18(12)24)7-32-34-15/h1-5,7-9H,6H2,(H,32,34). The summed E-state index contributed by atoms with van der Waals surface area (Å²) >= 11 is 0. The number of rotatable bonds is 3. The van der Waals surface area contributed by atoms with Crippen LogP contribution in [0.4, 0.5) is 35.1 Å². The van der Waals surface area contributed by atoms with Crippen molar-refractivity contribution in [1.29, 1.82) is 0 Å². The molecule has 5 rings (SSSR count). The van der Waals surface area contributed by atoms with E-state index in [-0.39, 0.29) is 27.8 Å². The highest BCUT2D eigenvalue weighted by Gasteiger charge is 2.39. The van der Waals surface area contributed by atoms with Gasteiger partial charge in [-0.25, -0.2) is 13.8 Å². The summed E-state index contributed by atoms with van der Waals surface area (Å²) in [6.07, 6.45) is -8.02. The van der Waals surface area contributed by atoms with Gasteiger partial charge >= 0.3 is 12.4 Å². The number of imidazole rings is 1. The minimum absolute atomic E-state index is 0.0199. The van der Waals surface area contributed by atoms with Crippen molar-refractivity contribution in [3.8, 4) is 22.5 Å². The molecule has 0 bridgehead atoms. The number of nitrogens with one attached hydrogen (secondary N) is 1. The predicted octanol–water partition coefficient (Wildman–Crippen LogP) is 6.34. The van der Waals surface area contributed by atoms with Crippen molar-refractivity contribution in [3.05, 3.63) is 71.8 Å². The lowest BCUT2D eigenvalue weighted by Crippen LogP contribution is -2.12. The van der Waals surface area contributed by atoms with Crippen LogP contribution in [0.2, 0.25) is 0 Å². The molecule has 0 fully saturated rings. The van der Waals surface area contributed by atoms with Crippen LogP contribution in [0, 0.1) is 11.6 Å². The van der Waals surface area contributed by atoms with E-state index in [0.29, 0.717) is 0 Å². The summed E-state index contributed by atoms with van der Waals surface area (Å²) in [5.74, 6) is -2.07. The van der Waals surface area contributed by atoms with Gasteiger partial charge in [0.2, 0.25) is 0 Å². The SMILES string of the molecule is Fc1ccc(-c2cn3c(-c4ccc5[nH]ncc5c4F)c(C(F)(F)F)nc3cn2)cc1CC(F)(F)F. The number of aromatic nitrogens is 5. The Morgan fingerprint density at radius 1 is 0.943 bits per heavy atom. The smallest absolute Gasteiger partial charge is 0.295 e. The minimum atomic E-state index is -4.96. The molecule has 180 valence electrons. The largest absolute Gasteiger partial charge is 0.435 e. The second kappa shape index (κ2) is 7.75. The topological polar surface area (TPSA) is 58.9 Å². The molecule has 1 N–H and O–H groups in total. The third-order valence-electron chi connectivity index (χ3n) is 5.32. The van der Waals surface area contributed by atoms with Crippen molar-refractivity contribution in [3.63, 3.8) is 0 Å². The highest BCUT2D eigenvalue weighted by molar-refractivity contribution is 5.85. The fraction of sp³-hybridized carbons (Fsp3) is 0.136. The second-order valence-electron chi connectivity index (χ2n) is 7.66. The molecule has 0 aliphatic carbocycles. The Morgan fingerprint density at radius 3 is 2.43 bits per heavy atom. The zero-order chi connectivity index (χ0) is 25.1. The number of fused-ring (bicyclic) bond motifs is 2. The van der Waals surface area contributed by atoms with Crippen molar-refractivity contribution in [2.75, 3.05) is 0 Å². The van der Waals surface area contributed by atoms with Gasteiger partial charge in [0.05, 0.1) is 41.1 Å². The molecular weight excluding hydrogens is 486 g/mol. The first kappa shape index (κ1) is 22.7. The first-order valence-electron chi connectivity index (χ1n) is 9.85. The molecule has 5 nitrogen and oxygen atoms in total. The van der Waals surface area contributed by atoms with Crippen molar-refractivity contribution < 1.29 is 35.1 Å². The molecule has 0 amide bonds. The molecule has 35 heavy (non-hydrogen) atoms. The van der Waals surface area contributed by atoms with Gasteiger partial charge in [-0.2, -0.15) is 31.4 Å². The zero-order valence-corrected chi connectivity index (χ0v) is 17.1. The van der Waals surface area contributed by atoms with Crippen LogP contribution in [-0.4, -0.2) is 30.7 Å². The Hall–Kier alpha value is -4.03. The van der Waals surface area contributed by atoms with Crippen LogP contribution in [0.3, 0.4) is 0 Å². The number of hydrogen-bond donors (Lipinski definition) is 1. The summed E-state index contributed by atoms with van der Waals surface area (Å²) in [7, 11) is 0. The van der Waals surface area contributed by atoms with Gasteiger partial charge < -0.3 is 0 Å². The van der Waals surface area contributed by atoms with Crippen LogP contribution in [0.5, 0.6) is 0 Å². The van der Waals surface area contributed by atoms with Gasteiger partial charge in [-0.1, -0.05) is 0 Å². The zero-order valence-electron chi connectivity index (χ0n) is 17.1. The van der Waals surface area contributed by atoms with Gasteiger partial charge in [0, 0.05) is 17.3 Å². The highest BCUT2D eigenvalue weighted by Crippen LogP contribution is 2.39. The van der Waals surface area contributed by atoms with Gasteiger partial charge in [-0.05, 0) is 35.9 Å². The van der Waals surface area contributed by atoms with E-state index in [0.717, 1.165) is 47.3 Å². The highest BCUT2D eigenvalue weighted by atomic mass is 19.4. The summed E-state index contributed by atoms with van der Waals surface area (Å²) in [5, 5.41) is 6.15. The normalized spacial score (nSPS) is 12.7. The summed E-state index contributed by atoms with van der Waals surface area (Å²) in [6, 6.07) is 5.35. The first-order valence-corrected chi connectivity index (χ1v) is 9.85. The van der Waals surface area contributed by atoms with Crippen LogP contribution in [0.25, 0.3) is 39.1 Å². The number of alkyl halides is 6. The number of benzene rings is 2. The van der Waals surface area contributed by atoms with Crippen molar-refractivity contribution in [2.24, 2.45) is 0 Å². The Labute approximate surface area is 190 Å². The van der Waals surface area contributed by atoms with E-state index in [1.54, 1.807) is 0 Å².